The topological polar surface area (TPSA) is 98.8 Å². The molecule has 0 aromatic heterocycles. The lowest BCUT2D eigenvalue weighted by Gasteiger charge is -2.46. The fourth-order valence-electron chi connectivity index (χ4n) is 6.95. The van der Waals surface area contributed by atoms with Crippen LogP contribution in [-0.4, -0.2) is 60.2 Å². The molecule has 2 heterocycles. The summed E-state index contributed by atoms with van der Waals surface area (Å²) < 4.78 is 0. The van der Waals surface area contributed by atoms with Gasteiger partial charge in [0.2, 0.25) is 5.91 Å². The van der Waals surface area contributed by atoms with Crippen LogP contribution in [0.2, 0.25) is 5.82 Å². The summed E-state index contributed by atoms with van der Waals surface area (Å²) in [5, 5.41) is 22.8. The number of hydrogen-bond donors (Lipinski definition) is 4. The molecule has 0 bridgehead atoms. The van der Waals surface area contributed by atoms with Crippen molar-refractivity contribution in [3.63, 3.8) is 0 Å². The molecule has 5 N–H and O–H groups in total. The quantitative estimate of drug-likeness (QED) is 0.533. The Morgan fingerprint density at radius 3 is 2.48 bits per heavy atom. The number of piperidine rings is 2. The number of fused-ring (bicyclic) bond motifs is 1. The second-order valence-electron chi connectivity index (χ2n) is 10.3. The van der Waals surface area contributed by atoms with Crippen LogP contribution in [-0.2, 0) is 4.79 Å². The van der Waals surface area contributed by atoms with Crippen LogP contribution >= 0.6 is 0 Å². The van der Waals surface area contributed by atoms with Crippen molar-refractivity contribution in [3.8, 4) is 0 Å². The van der Waals surface area contributed by atoms with Crippen LogP contribution in [0.15, 0.2) is 0 Å². The van der Waals surface area contributed by atoms with E-state index in [4.69, 9.17) is 5.73 Å². The predicted molar refractivity (Wildman–Crippen MR) is 115 cm³/mol. The summed E-state index contributed by atoms with van der Waals surface area (Å²) in [5.41, 5.74) is 5.93. The Morgan fingerprint density at radius 1 is 0.966 bits per heavy atom. The molecule has 0 radical (unpaired) electrons. The first-order valence-corrected chi connectivity index (χ1v) is 12.1. The van der Waals surface area contributed by atoms with Gasteiger partial charge in [0.05, 0.1) is 6.04 Å². The lowest BCUT2D eigenvalue weighted by atomic mass is 9.57. The average molecular weight is 405 g/mol. The van der Waals surface area contributed by atoms with Crippen molar-refractivity contribution in [3.05, 3.63) is 0 Å². The number of hydrogen-bond acceptors (Lipinski definition) is 5. The third-order valence-electron chi connectivity index (χ3n) is 8.76. The molecule has 6 unspecified atom stereocenters. The lowest BCUT2D eigenvalue weighted by Crippen LogP contribution is -2.58. The van der Waals surface area contributed by atoms with Crippen LogP contribution < -0.4 is 11.1 Å². The Labute approximate surface area is 176 Å². The SMILES string of the molecule is NCC1CCCC(C2CCN(C(=O)C3NCCC4CCC(B(O)O)CC43)CC2)C1. The number of amides is 1. The van der Waals surface area contributed by atoms with E-state index in [1.165, 1.54) is 25.7 Å². The molecule has 4 fully saturated rings. The highest BCUT2D eigenvalue weighted by Crippen LogP contribution is 2.43. The minimum Gasteiger partial charge on any atom is -0.427 e. The highest BCUT2D eigenvalue weighted by molar-refractivity contribution is 6.43. The van der Waals surface area contributed by atoms with Gasteiger partial charge in [-0.05, 0) is 87.0 Å². The van der Waals surface area contributed by atoms with Gasteiger partial charge in [-0.2, -0.15) is 0 Å². The van der Waals surface area contributed by atoms with E-state index in [0.717, 1.165) is 76.5 Å². The first kappa shape index (κ1) is 21.6. The summed E-state index contributed by atoms with van der Waals surface area (Å²) >= 11 is 0. The van der Waals surface area contributed by atoms with Crippen LogP contribution in [0.5, 0.6) is 0 Å². The Hall–Kier alpha value is -0.625. The van der Waals surface area contributed by atoms with Crippen molar-refractivity contribution in [1.82, 2.24) is 10.2 Å². The second kappa shape index (κ2) is 9.67. The molecule has 2 saturated heterocycles. The van der Waals surface area contributed by atoms with Crippen LogP contribution in [0.1, 0.15) is 64.2 Å². The summed E-state index contributed by atoms with van der Waals surface area (Å²) in [6.07, 6.45) is 11.3. The van der Waals surface area contributed by atoms with Gasteiger partial charge in [-0.25, -0.2) is 0 Å². The molecule has 6 nitrogen and oxygen atoms in total. The highest BCUT2D eigenvalue weighted by Gasteiger charge is 2.45. The van der Waals surface area contributed by atoms with Gasteiger partial charge < -0.3 is 26.0 Å². The number of nitrogens with zero attached hydrogens (tertiary/aromatic N) is 1. The van der Waals surface area contributed by atoms with Gasteiger partial charge in [-0.15, -0.1) is 0 Å². The third-order valence-corrected chi connectivity index (χ3v) is 8.76. The van der Waals surface area contributed by atoms with Crippen molar-refractivity contribution < 1.29 is 14.8 Å². The Balaban J connectivity index is 1.33. The van der Waals surface area contributed by atoms with Gasteiger partial charge in [0.25, 0.3) is 0 Å². The van der Waals surface area contributed by atoms with E-state index in [-0.39, 0.29) is 23.7 Å². The highest BCUT2D eigenvalue weighted by atomic mass is 16.4. The molecule has 29 heavy (non-hydrogen) atoms. The molecule has 6 atom stereocenters. The molecule has 2 aliphatic heterocycles. The zero-order valence-corrected chi connectivity index (χ0v) is 17.8. The maximum Gasteiger partial charge on any atom is 0.454 e. The van der Waals surface area contributed by atoms with E-state index >= 15 is 0 Å². The summed E-state index contributed by atoms with van der Waals surface area (Å²) in [4.78, 5) is 15.5. The van der Waals surface area contributed by atoms with E-state index in [9.17, 15) is 14.8 Å². The van der Waals surface area contributed by atoms with Crippen molar-refractivity contribution in [2.75, 3.05) is 26.2 Å². The molecule has 164 valence electrons. The van der Waals surface area contributed by atoms with Gasteiger partial charge in [0.1, 0.15) is 0 Å². The first-order valence-electron chi connectivity index (χ1n) is 12.1. The van der Waals surface area contributed by atoms with Gasteiger partial charge in [-0.3, -0.25) is 4.79 Å². The normalized spacial score (nSPS) is 39.1. The zero-order chi connectivity index (χ0) is 20.4. The lowest BCUT2D eigenvalue weighted by molar-refractivity contribution is -0.138. The molecule has 0 aromatic carbocycles. The number of nitrogens with one attached hydrogen (secondary N) is 1. The maximum atomic E-state index is 13.4. The van der Waals surface area contributed by atoms with Gasteiger partial charge in [0, 0.05) is 13.1 Å². The molecule has 0 spiro atoms. The Morgan fingerprint density at radius 2 is 1.76 bits per heavy atom. The predicted octanol–water partition coefficient (Wildman–Crippen LogP) is 1.61. The molecule has 1 amide bonds. The molecule has 2 saturated carbocycles. The number of likely N-dealkylation sites (tertiary alicyclic amines) is 1. The minimum atomic E-state index is -1.25. The van der Waals surface area contributed by atoms with Crippen molar-refractivity contribution >= 4 is 13.0 Å². The summed E-state index contributed by atoms with van der Waals surface area (Å²) in [6.45, 7) is 3.50. The molecular weight excluding hydrogens is 365 g/mol. The van der Waals surface area contributed by atoms with Gasteiger partial charge in [0.15, 0.2) is 0 Å². The molecular formula is C22H40BN3O3. The molecule has 2 aliphatic carbocycles. The molecule has 7 heteroatoms. The van der Waals surface area contributed by atoms with Crippen molar-refractivity contribution in [2.24, 2.45) is 35.3 Å². The average Bonchev–Trinajstić information content (AvgIpc) is 2.78. The molecule has 4 rings (SSSR count). The van der Waals surface area contributed by atoms with Gasteiger partial charge in [-0.1, -0.05) is 25.7 Å². The monoisotopic (exact) mass is 405 g/mol. The number of carbonyl (C=O) groups excluding carboxylic acids is 1. The standard InChI is InChI=1S/C22H40BN3O3/c24-14-15-2-1-3-18(12-15)16-7-10-26(11-8-16)22(27)21-20-13-19(23(28)29)5-4-17(20)6-9-25-21/h15-21,25,28-29H,1-14,24H2. The van der Waals surface area contributed by atoms with Crippen LogP contribution in [0.3, 0.4) is 0 Å². The van der Waals surface area contributed by atoms with Crippen LogP contribution in [0, 0.1) is 29.6 Å². The third kappa shape index (κ3) is 4.84. The van der Waals surface area contributed by atoms with Crippen molar-refractivity contribution in [1.29, 1.82) is 0 Å². The smallest absolute Gasteiger partial charge is 0.427 e. The second-order valence-corrected chi connectivity index (χ2v) is 10.3. The number of rotatable bonds is 4. The summed E-state index contributed by atoms with van der Waals surface area (Å²) in [6, 6.07) is -0.136. The fourth-order valence-corrected chi connectivity index (χ4v) is 6.95. The maximum absolute atomic E-state index is 13.4. The van der Waals surface area contributed by atoms with E-state index in [1.807, 2.05) is 0 Å². The number of carbonyl (C=O) groups is 1. The van der Waals surface area contributed by atoms with E-state index in [1.54, 1.807) is 0 Å². The Bertz CT molecular complexity index is 555. The zero-order valence-electron chi connectivity index (χ0n) is 17.8. The Kier molecular flexibility index (Phi) is 7.20. The van der Waals surface area contributed by atoms with Crippen molar-refractivity contribution in [2.45, 2.75) is 76.1 Å². The van der Waals surface area contributed by atoms with Crippen LogP contribution in [0.4, 0.5) is 0 Å². The largest absolute Gasteiger partial charge is 0.454 e. The van der Waals surface area contributed by atoms with E-state index in [2.05, 4.69) is 10.2 Å². The molecule has 0 aromatic rings. The summed E-state index contributed by atoms with van der Waals surface area (Å²) in [5.74, 6) is 3.24. The molecule has 4 aliphatic rings. The first-order chi connectivity index (χ1) is 14.1. The van der Waals surface area contributed by atoms with E-state index in [0.29, 0.717) is 11.8 Å². The van der Waals surface area contributed by atoms with E-state index < -0.39 is 7.12 Å². The summed E-state index contributed by atoms with van der Waals surface area (Å²) in [7, 11) is -1.25. The fraction of sp³-hybridized carbons (Fsp3) is 0.955. The van der Waals surface area contributed by atoms with Crippen LogP contribution in [0.25, 0.3) is 0 Å². The van der Waals surface area contributed by atoms with Gasteiger partial charge >= 0.3 is 7.12 Å². The minimum absolute atomic E-state index is 0.0843. The number of nitrogens with two attached hydrogens (primary N) is 1.